The molecule has 5 aromatic heterocycles. The summed E-state index contributed by atoms with van der Waals surface area (Å²) < 4.78 is 23.9. The van der Waals surface area contributed by atoms with Crippen LogP contribution in [0.4, 0.5) is 10.5 Å². The molecule has 3 atom stereocenters. The van der Waals surface area contributed by atoms with Gasteiger partial charge in [-0.15, -0.1) is 0 Å². The van der Waals surface area contributed by atoms with Crippen LogP contribution in [-0.2, 0) is 43.5 Å². The quantitative estimate of drug-likeness (QED) is 0.0157. The number of H-pyrrole nitrogens is 2. The Morgan fingerprint density at radius 2 is 0.902 bits per heavy atom. The standard InChI is InChI=1S/C25H29BrN4O6S.C23H24BrN3O4S.C21H20BrN3O4S.2ClH.Sn/c1-5-9-18(14-22(31)36-6-2)29-20-11-8-7-10-19(20)28(24(29)32)15-16-12-17(26)13-21(30(34)35)23(16)37-25(33)27(3)4;1-3-7-16(12-20(28)31-4-2)27-19-9-6-5-8-18(19)26(23(27)30)13-14-10-15(24)11-17-21(14)32-22(29)25-17;1-2-5-14(10-18(26)27)25-17-7-4-3-6-16(17)24(21(25)29)11-12-8-13(22)9-15-19(12)30-20(28)23-15;;;/h7-8,10-13,18H,5-6,9,14-15H2,1-4H3;5-6,8-11,16H,3-4,7,12-13H2,1-2H3,(H,25,29);3-4,6-9,14H,2,5,10-11H2,1H3,(H,23,28)(H,26,27);2*1H;/q;;;;;+2/p-2/t18-;16-;14-;;;/m000.../s1. The molecule has 33 heteroatoms. The molecule has 0 aliphatic heterocycles. The Balaban J connectivity index is 0.000000191. The molecule has 1 amide bonds. The summed E-state index contributed by atoms with van der Waals surface area (Å²) in [6.45, 7) is 10.7. The van der Waals surface area contributed by atoms with Crippen molar-refractivity contribution in [2.75, 3.05) is 27.3 Å². The number of hydrogen-bond acceptors (Lipinski definition) is 16. The number of aromatic amines is 2. The molecule has 11 aromatic rings. The van der Waals surface area contributed by atoms with E-state index in [0.717, 1.165) is 116 Å². The number of nitrogens with zero attached hydrogens (tertiary/aromatic N) is 8. The number of benzene rings is 6. The van der Waals surface area contributed by atoms with E-state index in [4.69, 9.17) is 27.3 Å². The zero-order valence-corrected chi connectivity index (χ0v) is 68.0. The SMILES string of the molecule is CCC[C@@H](CC(=O)O)n1c(=O)n(Cc2cc(Br)cc3[nH]c(=O)sc23)c2ccccc21.CCC[C@@H](CC(=O)OCC)n1c(=O)n(Cc2cc(Br)cc([N+](=O)[O-])c2SC(=O)N(C)C)c2ccccc21.CCC[C@@H](CC(=O)OCC)n1c(=O)n(Cc2cc(Br)cc3[nH]c(=O)sc23)c2ccccc21.[Cl][Sn][Cl]. The number of imidazole rings is 3. The average molecular weight is 1790 g/mol. The number of nitro benzene ring substituents is 1. The number of hydrogen-bond donors (Lipinski definition) is 3. The first-order valence-corrected chi connectivity index (χ1v) is 44.4. The number of rotatable bonds is 25. The molecule has 0 unspecified atom stereocenters. The summed E-state index contributed by atoms with van der Waals surface area (Å²) in [5, 5.41) is 20.9. The van der Waals surface area contributed by atoms with Crippen LogP contribution in [0.3, 0.4) is 0 Å². The Kier molecular flexibility index (Phi) is 29.7. The van der Waals surface area contributed by atoms with Crippen LogP contribution in [0.15, 0.2) is 151 Å². The van der Waals surface area contributed by atoms with Crippen LogP contribution in [0, 0.1) is 10.1 Å². The van der Waals surface area contributed by atoms with Gasteiger partial charge >= 0.3 is 81.5 Å². The van der Waals surface area contributed by atoms with Gasteiger partial charge in [-0.1, -0.05) is 147 Å². The van der Waals surface area contributed by atoms with Gasteiger partial charge in [0.2, 0.25) is 0 Å². The van der Waals surface area contributed by atoms with E-state index in [2.05, 4.69) is 57.8 Å². The summed E-state index contributed by atoms with van der Waals surface area (Å²) in [6.07, 6.45) is 4.32. The van der Waals surface area contributed by atoms with Crippen molar-refractivity contribution in [2.45, 2.75) is 135 Å². The molecule has 0 fully saturated rings. The predicted molar refractivity (Wildman–Crippen MR) is 416 cm³/mol. The Labute approximate surface area is 639 Å². The van der Waals surface area contributed by atoms with Gasteiger partial charge in [-0.3, -0.25) is 66.3 Å². The van der Waals surface area contributed by atoms with Crippen LogP contribution in [0.1, 0.15) is 127 Å². The van der Waals surface area contributed by atoms with Gasteiger partial charge in [-0.2, -0.15) is 0 Å². The molecule has 11 rings (SSSR count). The van der Waals surface area contributed by atoms with Crippen molar-refractivity contribution in [1.29, 1.82) is 0 Å². The van der Waals surface area contributed by atoms with Gasteiger partial charge in [0.05, 0.1) is 115 Å². The summed E-state index contributed by atoms with van der Waals surface area (Å²) >= 11 is 12.5. The summed E-state index contributed by atoms with van der Waals surface area (Å²) in [5.74, 6) is -1.61. The van der Waals surface area contributed by atoms with E-state index >= 15 is 0 Å². The van der Waals surface area contributed by atoms with E-state index in [0.29, 0.717) is 53.5 Å². The molecule has 3 N–H and O–H groups in total. The van der Waals surface area contributed by atoms with Crippen molar-refractivity contribution in [3.05, 3.63) is 200 Å². The predicted octanol–water partition coefficient (Wildman–Crippen LogP) is 15.7. The number of carboxylic acids is 1. The molecule has 6 aromatic carbocycles. The number of amides is 1. The number of ether oxygens (including phenoxy) is 2. The van der Waals surface area contributed by atoms with Crippen LogP contribution in [0.25, 0.3) is 53.5 Å². The third kappa shape index (κ3) is 19.5. The molecule has 2 radical (unpaired) electrons. The average Bonchev–Trinajstić information content (AvgIpc) is 1.62. The van der Waals surface area contributed by atoms with E-state index in [9.17, 15) is 58.4 Å². The number of aromatic nitrogens is 8. The van der Waals surface area contributed by atoms with E-state index in [1.165, 1.54) is 15.5 Å². The molecule has 0 bridgehead atoms. The third-order valence-electron chi connectivity index (χ3n) is 16.4. The van der Waals surface area contributed by atoms with Crippen LogP contribution < -0.4 is 26.8 Å². The van der Waals surface area contributed by atoms with Crippen LogP contribution in [0.2, 0.25) is 0 Å². The number of thioether (sulfide) groups is 1. The minimum atomic E-state index is -0.928. The fourth-order valence-corrected chi connectivity index (χ4v) is 16.3. The molecule has 540 valence electrons. The number of nitrogens with one attached hydrogen (secondary N) is 2. The van der Waals surface area contributed by atoms with E-state index in [1.54, 1.807) is 69.0 Å². The first kappa shape index (κ1) is 80.6. The molecule has 102 heavy (non-hydrogen) atoms. The molecule has 0 saturated carbocycles. The Hall–Kier alpha value is -7.04. The van der Waals surface area contributed by atoms with Gasteiger partial charge < -0.3 is 29.4 Å². The maximum absolute atomic E-state index is 13.8. The van der Waals surface area contributed by atoms with Crippen molar-refractivity contribution in [1.82, 2.24) is 42.3 Å². The van der Waals surface area contributed by atoms with E-state index < -0.39 is 41.9 Å². The van der Waals surface area contributed by atoms with Gasteiger partial charge in [0.15, 0.2) is 0 Å². The molecule has 0 spiro atoms. The Bertz CT molecular complexity index is 5190. The fourth-order valence-electron chi connectivity index (χ4n) is 12.3. The number of para-hydroxylation sites is 6. The number of carbonyl (C=O) groups excluding carboxylic acids is 3. The number of nitro groups is 1. The molecule has 24 nitrogen and oxygen atoms in total. The topological polar surface area (TPSA) is 300 Å². The van der Waals surface area contributed by atoms with Gasteiger partial charge in [-0.05, 0) is 128 Å². The number of esters is 2. The first-order valence-electron chi connectivity index (χ1n) is 32.4. The summed E-state index contributed by atoms with van der Waals surface area (Å²) in [4.78, 5) is 132. The number of aliphatic carboxylic acids is 1. The van der Waals surface area contributed by atoms with Crippen LogP contribution in [0.5, 0.6) is 0 Å². The Morgan fingerprint density at radius 3 is 1.24 bits per heavy atom. The van der Waals surface area contributed by atoms with E-state index in [-0.39, 0.29) is 99.6 Å². The molecular weight excluding hydrogens is 1720 g/mol. The number of carboxylic acid groups (broad SMARTS) is 1. The van der Waals surface area contributed by atoms with Crippen molar-refractivity contribution < 1.29 is 38.7 Å². The van der Waals surface area contributed by atoms with Crippen molar-refractivity contribution in [3.63, 3.8) is 0 Å². The van der Waals surface area contributed by atoms with Gasteiger partial charge in [0.1, 0.15) is 0 Å². The maximum atomic E-state index is 13.8. The molecular formula is C69H73Br3Cl2N10O14S3Sn. The monoisotopic (exact) mass is 1790 g/mol. The van der Waals surface area contributed by atoms with Crippen LogP contribution in [-0.4, -0.2) is 122 Å². The van der Waals surface area contributed by atoms with Crippen molar-refractivity contribution >= 4 is 201 Å². The zero-order valence-electron chi connectivity index (χ0n) is 56.5. The first-order chi connectivity index (χ1) is 48.8. The second-order valence-electron chi connectivity index (χ2n) is 23.5. The summed E-state index contributed by atoms with van der Waals surface area (Å²) in [5.41, 5.74) is 6.95. The van der Waals surface area contributed by atoms with Gasteiger partial charge in [0.25, 0.3) is 10.9 Å². The second kappa shape index (κ2) is 37.6. The van der Waals surface area contributed by atoms with Gasteiger partial charge in [0, 0.05) is 51.7 Å². The number of carbonyl (C=O) groups is 4. The minimum absolute atomic E-state index is 0.00603. The Morgan fingerprint density at radius 1 is 0.569 bits per heavy atom. The molecule has 5 heterocycles. The fraction of sp³-hybridized carbons (Fsp3) is 0.348. The number of fused-ring (bicyclic) bond motifs is 5. The normalized spacial score (nSPS) is 12.1. The van der Waals surface area contributed by atoms with Crippen molar-refractivity contribution in [3.8, 4) is 0 Å². The molecule has 0 aliphatic rings. The summed E-state index contributed by atoms with van der Waals surface area (Å²) in [7, 11) is 13.0. The van der Waals surface area contributed by atoms with E-state index in [1.807, 2.05) is 106 Å². The zero-order chi connectivity index (χ0) is 74.2. The molecule has 0 aliphatic carbocycles. The number of halogens is 5. The summed E-state index contributed by atoms with van der Waals surface area (Å²) in [6, 6.07) is 31.7. The second-order valence-corrected chi connectivity index (χ2v) is 33.5. The number of thiazole rings is 2. The third-order valence-corrected chi connectivity index (χ3v) is 20.9. The molecule has 0 saturated heterocycles. The van der Waals surface area contributed by atoms with Gasteiger partial charge in [-0.25, -0.2) is 14.4 Å². The van der Waals surface area contributed by atoms with Crippen molar-refractivity contribution in [2.24, 2.45) is 0 Å². The van der Waals surface area contributed by atoms with Crippen LogP contribution >= 0.6 is 100 Å².